The van der Waals surface area contributed by atoms with Crippen LogP contribution >= 0.6 is 22.9 Å². The molecule has 0 atom stereocenters. The molecule has 0 aliphatic heterocycles. The Morgan fingerprint density at radius 1 is 1.16 bits per heavy atom. The van der Waals surface area contributed by atoms with Crippen LogP contribution in [0, 0.1) is 0 Å². The Morgan fingerprint density at radius 2 is 1.95 bits per heavy atom. The first-order chi connectivity index (χ1) is 9.15. The molecule has 0 aliphatic rings. The standard InChI is InChI=1S/C15H18ClNOS/c1-11(2)18-14-6-4-3-5-12(14)9-17-10-13-7-8-15(16)19-13/h3-8,11,17H,9-10H2,1-2H3. The number of hydrogen-bond acceptors (Lipinski definition) is 3. The van der Waals surface area contributed by atoms with E-state index in [0.29, 0.717) is 0 Å². The third-order valence-electron chi connectivity index (χ3n) is 2.58. The largest absolute Gasteiger partial charge is 0.491 e. The second-order valence-corrected chi connectivity index (χ2v) is 6.38. The maximum Gasteiger partial charge on any atom is 0.124 e. The van der Waals surface area contributed by atoms with E-state index in [-0.39, 0.29) is 6.10 Å². The van der Waals surface area contributed by atoms with Crippen molar-refractivity contribution < 1.29 is 4.74 Å². The number of benzene rings is 1. The molecule has 0 amide bonds. The van der Waals surface area contributed by atoms with E-state index in [1.165, 1.54) is 10.4 Å². The van der Waals surface area contributed by atoms with Crippen molar-refractivity contribution in [1.82, 2.24) is 5.32 Å². The number of thiophene rings is 1. The number of hydrogen-bond donors (Lipinski definition) is 1. The third-order valence-corrected chi connectivity index (χ3v) is 3.81. The van der Waals surface area contributed by atoms with Gasteiger partial charge in [-0.3, -0.25) is 0 Å². The van der Waals surface area contributed by atoms with Gasteiger partial charge in [-0.2, -0.15) is 0 Å². The zero-order valence-corrected chi connectivity index (χ0v) is 12.7. The summed E-state index contributed by atoms with van der Waals surface area (Å²) in [5.41, 5.74) is 1.18. The highest BCUT2D eigenvalue weighted by Gasteiger charge is 2.05. The van der Waals surface area contributed by atoms with Gasteiger partial charge in [-0.25, -0.2) is 0 Å². The van der Waals surface area contributed by atoms with Crippen LogP contribution in [-0.4, -0.2) is 6.10 Å². The molecule has 0 saturated heterocycles. The van der Waals surface area contributed by atoms with Crippen LogP contribution in [0.2, 0.25) is 4.34 Å². The zero-order valence-electron chi connectivity index (χ0n) is 11.2. The quantitative estimate of drug-likeness (QED) is 0.848. The highest BCUT2D eigenvalue weighted by atomic mass is 35.5. The summed E-state index contributed by atoms with van der Waals surface area (Å²) in [5.74, 6) is 0.953. The highest BCUT2D eigenvalue weighted by Crippen LogP contribution is 2.22. The fraction of sp³-hybridized carbons (Fsp3) is 0.333. The van der Waals surface area contributed by atoms with Crippen LogP contribution in [-0.2, 0) is 13.1 Å². The van der Waals surface area contributed by atoms with Gasteiger partial charge in [0.05, 0.1) is 10.4 Å². The van der Waals surface area contributed by atoms with Crippen molar-refractivity contribution in [1.29, 1.82) is 0 Å². The first kappa shape index (κ1) is 14.4. The second kappa shape index (κ2) is 6.94. The number of ether oxygens (including phenoxy) is 1. The number of halogens is 1. The molecular formula is C15H18ClNOS. The van der Waals surface area contributed by atoms with Crippen molar-refractivity contribution in [2.24, 2.45) is 0 Å². The fourth-order valence-electron chi connectivity index (χ4n) is 1.79. The van der Waals surface area contributed by atoms with Crippen LogP contribution in [0.3, 0.4) is 0 Å². The van der Waals surface area contributed by atoms with Gasteiger partial charge in [0.2, 0.25) is 0 Å². The smallest absolute Gasteiger partial charge is 0.124 e. The van der Waals surface area contributed by atoms with Crippen LogP contribution in [0.4, 0.5) is 0 Å². The Morgan fingerprint density at radius 3 is 2.63 bits per heavy atom. The molecule has 102 valence electrons. The van der Waals surface area contributed by atoms with Crippen LogP contribution in [0.5, 0.6) is 5.75 Å². The molecule has 0 saturated carbocycles. The minimum absolute atomic E-state index is 0.192. The van der Waals surface area contributed by atoms with E-state index in [2.05, 4.69) is 17.4 Å². The topological polar surface area (TPSA) is 21.3 Å². The molecule has 2 aromatic rings. The maximum absolute atomic E-state index is 5.91. The second-order valence-electron chi connectivity index (χ2n) is 4.58. The highest BCUT2D eigenvalue weighted by molar-refractivity contribution is 7.16. The molecule has 2 nitrogen and oxygen atoms in total. The first-order valence-corrected chi connectivity index (χ1v) is 7.54. The van der Waals surface area contributed by atoms with E-state index in [1.54, 1.807) is 11.3 Å². The molecule has 19 heavy (non-hydrogen) atoms. The average molecular weight is 296 g/mol. The minimum atomic E-state index is 0.192. The van der Waals surface area contributed by atoms with Crippen LogP contribution in [0.25, 0.3) is 0 Å². The third kappa shape index (κ3) is 4.53. The van der Waals surface area contributed by atoms with Crippen molar-refractivity contribution in [2.75, 3.05) is 0 Å². The lowest BCUT2D eigenvalue weighted by atomic mass is 10.2. The Labute approximate surface area is 123 Å². The lowest BCUT2D eigenvalue weighted by Gasteiger charge is -2.14. The van der Waals surface area contributed by atoms with Gasteiger partial charge in [-0.05, 0) is 32.0 Å². The minimum Gasteiger partial charge on any atom is -0.491 e. The van der Waals surface area contributed by atoms with E-state index in [0.717, 1.165) is 23.2 Å². The van der Waals surface area contributed by atoms with Gasteiger partial charge in [-0.15, -0.1) is 11.3 Å². The van der Waals surface area contributed by atoms with Gasteiger partial charge in [0.15, 0.2) is 0 Å². The normalized spacial score (nSPS) is 10.9. The molecule has 1 aromatic carbocycles. The molecule has 2 rings (SSSR count). The van der Waals surface area contributed by atoms with Crippen molar-refractivity contribution in [3.05, 3.63) is 51.2 Å². The van der Waals surface area contributed by atoms with Gasteiger partial charge in [-0.1, -0.05) is 29.8 Å². The Hall–Kier alpha value is -1.03. The molecule has 0 fully saturated rings. The van der Waals surface area contributed by atoms with Gasteiger partial charge >= 0.3 is 0 Å². The predicted molar refractivity (Wildman–Crippen MR) is 82.1 cm³/mol. The molecular weight excluding hydrogens is 278 g/mol. The molecule has 0 unspecified atom stereocenters. The van der Waals surface area contributed by atoms with Crippen molar-refractivity contribution in [3.63, 3.8) is 0 Å². The molecule has 1 aromatic heterocycles. The monoisotopic (exact) mass is 295 g/mol. The molecule has 0 bridgehead atoms. The molecule has 0 spiro atoms. The van der Waals surface area contributed by atoms with E-state index >= 15 is 0 Å². The Balaban J connectivity index is 1.92. The lowest BCUT2D eigenvalue weighted by Crippen LogP contribution is -2.14. The number of nitrogens with one attached hydrogen (secondary N) is 1. The van der Waals surface area contributed by atoms with Gasteiger partial charge < -0.3 is 10.1 Å². The van der Waals surface area contributed by atoms with E-state index < -0.39 is 0 Å². The molecule has 0 aliphatic carbocycles. The van der Waals surface area contributed by atoms with Gasteiger partial charge in [0.1, 0.15) is 5.75 Å². The van der Waals surface area contributed by atoms with Crippen molar-refractivity contribution in [3.8, 4) is 5.75 Å². The van der Waals surface area contributed by atoms with Gasteiger partial charge in [0.25, 0.3) is 0 Å². The number of rotatable bonds is 6. The van der Waals surface area contributed by atoms with Crippen LogP contribution < -0.4 is 10.1 Å². The SMILES string of the molecule is CC(C)Oc1ccccc1CNCc1ccc(Cl)s1. The van der Waals surface area contributed by atoms with E-state index in [4.69, 9.17) is 16.3 Å². The summed E-state index contributed by atoms with van der Waals surface area (Å²) in [7, 11) is 0. The average Bonchev–Trinajstić information content (AvgIpc) is 2.77. The number of para-hydroxylation sites is 1. The fourth-order valence-corrected chi connectivity index (χ4v) is 2.84. The van der Waals surface area contributed by atoms with Crippen LogP contribution in [0.15, 0.2) is 36.4 Å². The summed E-state index contributed by atoms with van der Waals surface area (Å²) in [6, 6.07) is 12.1. The van der Waals surface area contributed by atoms with Crippen LogP contribution in [0.1, 0.15) is 24.3 Å². The van der Waals surface area contributed by atoms with E-state index in [9.17, 15) is 0 Å². The summed E-state index contributed by atoms with van der Waals surface area (Å²) >= 11 is 7.52. The summed E-state index contributed by atoms with van der Waals surface area (Å²) < 4.78 is 6.63. The predicted octanol–water partition coefficient (Wildman–Crippen LogP) is 4.48. The summed E-state index contributed by atoms with van der Waals surface area (Å²) in [6.45, 7) is 5.70. The first-order valence-electron chi connectivity index (χ1n) is 6.34. The van der Waals surface area contributed by atoms with Crippen molar-refractivity contribution >= 4 is 22.9 Å². The summed E-state index contributed by atoms with van der Waals surface area (Å²) in [4.78, 5) is 1.24. The lowest BCUT2D eigenvalue weighted by molar-refractivity contribution is 0.239. The molecule has 1 heterocycles. The maximum atomic E-state index is 5.91. The molecule has 0 radical (unpaired) electrons. The molecule has 1 N–H and O–H groups in total. The van der Waals surface area contributed by atoms with E-state index in [1.807, 2.05) is 38.1 Å². The zero-order chi connectivity index (χ0) is 13.7. The summed E-state index contributed by atoms with van der Waals surface area (Å²) in [5, 5.41) is 3.42. The van der Waals surface area contributed by atoms with Gasteiger partial charge in [0, 0.05) is 23.5 Å². The Bertz CT molecular complexity index is 524. The molecule has 4 heteroatoms. The summed E-state index contributed by atoms with van der Waals surface area (Å²) in [6.07, 6.45) is 0.192. The Kier molecular flexibility index (Phi) is 5.25. The van der Waals surface area contributed by atoms with Crippen molar-refractivity contribution in [2.45, 2.75) is 33.0 Å².